The number of nitrogens with one attached hydrogen (secondary N) is 1. The molecule has 6 bridgehead atoms. The van der Waals surface area contributed by atoms with E-state index in [1.807, 2.05) is 13.0 Å². The average molecular weight is 947 g/mol. The number of allylic oxidation sites excluding steroid dienone is 2. The first-order chi connectivity index (χ1) is 33.0. The number of rotatable bonds is 8. The van der Waals surface area contributed by atoms with E-state index in [1.165, 1.54) is 0 Å². The van der Waals surface area contributed by atoms with Gasteiger partial charge in [-0.1, -0.05) is 52.0 Å². The van der Waals surface area contributed by atoms with Crippen molar-refractivity contribution in [1.29, 1.82) is 0 Å². The second-order valence-corrected chi connectivity index (χ2v) is 26.4. The minimum atomic E-state index is -1.50. The highest BCUT2D eigenvalue weighted by atomic mass is 16.7. The minimum absolute atomic E-state index is 0.00690. The fourth-order valence-corrected chi connectivity index (χ4v) is 22.1. The maximum Gasteiger partial charge on any atom is 0.339 e. The molecule has 4 N–H and O–H groups in total. The summed E-state index contributed by atoms with van der Waals surface area (Å²) >= 11 is 0. The van der Waals surface area contributed by atoms with Crippen molar-refractivity contribution < 1.29 is 53.1 Å². The van der Waals surface area contributed by atoms with Crippen molar-refractivity contribution in [1.82, 2.24) is 10.2 Å². The van der Waals surface area contributed by atoms with Crippen molar-refractivity contribution in [2.45, 2.75) is 146 Å². The summed E-state index contributed by atoms with van der Waals surface area (Å²) in [6.07, 6.45) is 16.6. The molecule has 6 saturated carbocycles. The lowest BCUT2D eigenvalue weighted by atomic mass is 9.31. The van der Waals surface area contributed by atoms with Crippen LogP contribution < -0.4 is 5.32 Å². The Morgan fingerprint density at radius 1 is 1.03 bits per heavy atom. The number of hydrogen-bond donors (Lipinski definition) is 4. The highest BCUT2D eigenvalue weighted by Gasteiger charge is 2.99. The molecule has 7 aliphatic heterocycles. The number of fused-ring (bicyclic) bond motifs is 6. The molecule has 5 saturated heterocycles. The quantitative estimate of drug-likeness (QED) is 0.144. The van der Waals surface area contributed by atoms with Crippen molar-refractivity contribution in [2.24, 2.45) is 92.2 Å². The van der Waals surface area contributed by atoms with Crippen LogP contribution >= 0.6 is 0 Å². The van der Waals surface area contributed by atoms with Gasteiger partial charge >= 0.3 is 11.9 Å². The van der Waals surface area contributed by atoms with Gasteiger partial charge in [0.1, 0.15) is 41.2 Å². The molecule has 1 aromatic rings. The van der Waals surface area contributed by atoms with Crippen LogP contribution in [0.1, 0.15) is 110 Å². The molecule has 0 radical (unpaired) electrons. The summed E-state index contributed by atoms with van der Waals surface area (Å²) in [5.74, 6) is -0.378. The summed E-state index contributed by atoms with van der Waals surface area (Å²) in [7, 11) is 0. The van der Waals surface area contributed by atoms with Gasteiger partial charge in [0.15, 0.2) is 11.9 Å². The number of epoxide rings is 1. The van der Waals surface area contributed by atoms with Gasteiger partial charge in [-0.15, -0.1) is 0 Å². The highest BCUT2D eigenvalue weighted by molar-refractivity contribution is 5.95. The van der Waals surface area contributed by atoms with E-state index < -0.39 is 86.1 Å². The number of esters is 2. The molecule has 23 unspecified atom stereocenters. The van der Waals surface area contributed by atoms with Crippen molar-refractivity contribution in [3.05, 3.63) is 59.7 Å². The summed E-state index contributed by atoms with van der Waals surface area (Å²) in [5.41, 5.74) is -6.70. The molecule has 8 heterocycles. The topological polar surface area (TPSA) is 181 Å². The third-order valence-electron chi connectivity index (χ3n) is 23.9. The third-order valence-corrected chi connectivity index (χ3v) is 23.9. The van der Waals surface area contributed by atoms with Crippen LogP contribution in [-0.4, -0.2) is 106 Å². The van der Waals surface area contributed by atoms with Crippen molar-refractivity contribution in [3.8, 4) is 0 Å². The van der Waals surface area contributed by atoms with Crippen LogP contribution in [0.25, 0.3) is 0 Å². The molecule has 0 amide bonds. The van der Waals surface area contributed by atoms with Crippen LogP contribution in [0.5, 0.6) is 0 Å². The maximum absolute atomic E-state index is 16.2. The zero-order valence-electron chi connectivity index (χ0n) is 40.7. The molecule has 13 nitrogen and oxygen atoms in total. The predicted molar refractivity (Wildman–Crippen MR) is 246 cm³/mol. The monoisotopic (exact) mass is 946 g/mol. The lowest BCUT2D eigenvalue weighted by Gasteiger charge is -2.71. The number of nitrogens with zero attached hydrogens (tertiary/aromatic N) is 1. The van der Waals surface area contributed by atoms with Gasteiger partial charge in [0.05, 0.1) is 42.6 Å². The Hall–Kier alpha value is -3.33. The number of Topliss-reactive ketones (excluding diaryl/α,β-unsaturated/α-hetero) is 1. The van der Waals surface area contributed by atoms with Crippen LogP contribution in [0, 0.1) is 92.2 Å². The third kappa shape index (κ3) is 4.42. The van der Waals surface area contributed by atoms with Gasteiger partial charge in [0.25, 0.3) is 0 Å². The maximum atomic E-state index is 16.2. The summed E-state index contributed by atoms with van der Waals surface area (Å²) < 4.78 is 35.0. The number of carbonyl (C=O) groups excluding carboxylic acids is 3. The number of cyclic esters (lactones) is 2. The first-order valence-electron chi connectivity index (χ1n) is 26.9. The summed E-state index contributed by atoms with van der Waals surface area (Å²) in [4.78, 5) is 48.9. The van der Waals surface area contributed by atoms with Crippen LogP contribution in [0.2, 0.25) is 0 Å². The Bertz CT molecular complexity index is 2590. The van der Waals surface area contributed by atoms with Crippen molar-refractivity contribution >= 4 is 17.7 Å². The second-order valence-electron chi connectivity index (χ2n) is 26.4. The molecule has 23 atom stereocenters. The molecule has 1 aromatic heterocycles. The lowest BCUT2D eigenvalue weighted by molar-refractivity contribution is -0.292. The zero-order valence-corrected chi connectivity index (χ0v) is 40.7. The van der Waals surface area contributed by atoms with E-state index in [2.05, 4.69) is 68.4 Å². The standard InChI is InChI=1S/C56H70N2O11/c1-27(2)14-32-17-34-18-33-15-28-8-11-54-48(64)66-25-53-42-31(22-52(33,54)20-28)21-49(3)45(67-47(63)46-56(49,68-46)50(42,4)44(62)41(61)43(53)51(32,5)69-55(34,53)54)36-10-13-65-40(36)19-37(39(60)24-59)29-6-7-35-30(16-29)9-12-58-26-57-23-38(35)58/h8-13,17,27-33,35,37-39,42-46,57,59-60,62H,6-7,14-16,18-26H2,1-5H3. The van der Waals surface area contributed by atoms with E-state index in [-0.39, 0.29) is 54.6 Å². The van der Waals surface area contributed by atoms with Crippen LogP contribution in [0.4, 0.5) is 0 Å². The summed E-state index contributed by atoms with van der Waals surface area (Å²) in [6, 6.07) is 2.37. The van der Waals surface area contributed by atoms with Gasteiger partial charge < -0.3 is 43.6 Å². The zero-order chi connectivity index (χ0) is 47.4. The Kier molecular flexibility index (Phi) is 8.31. The van der Waals surface area contributed by atoms with E-state index >= 15 is 9.59 Å². The van der Waals surface area contributed by atoms with Crippen LogP contribution in [0.3, 0.4) is 0 Å². The first-order valence-corrected chi connectivity index (χ1v) is 26.9. The van der Waals surface area contributed by atoms with E-state index in [0.29, 0.717) is 60.3 Å². The molecule has 14 aliphatic rings. The van der Waals surface area contributed by atoms with Crippen LogP contribution in [0.15, 0.2) is 52.8 Å². The molecular weight excluding hydrogens is 877 g/mol. The van der Waals surface area contributed by atoms with Gasteiger partial charge in [-0.3, -0.25) is 14.9 Å². The molecule has 5 spiro atoms. The minimum Gasteiger partial charge on any atom is -0.469 e. The molecule has 13 heteroatoms. The lowest BCUT2D eigenvalue weighted by Crippen LogP contribution is -2.81. The van der Waals surface area contributed by atoms with E-state index in [0.717, 1.165) is 63.7 Å². The average Bonchev–Trinajstić information content (AvgIpc) is 3.56. The van der Waals surface area contributed by atoms with Crippen molar-refractivity contribution in [2.75, 3.05) is 26.4 Å². The number of aliphatic hydroxyl groups excluding tert-OH is 3. The molecule has 0 aromatic carbocycles. The Balaban J connectivity index is 0.881. The number of ketones is 1. The Labute approximate surface area is 404 Å². The molecule has 69 heavy (non-hydrogen) atoms. The molecule has 11 fully saturated rings. The smallest absolute Gasteiger partial charge is 0.339 e. The summed E-state index contributed by atoms with van der Waals surface area (Å²) in [5, 5.41) is 39.3. The Morgan fingerprint density at radius 3 is 2.68 bits per heavy atom. The number of ether oxygens (including phenoxy) is 4. The van der Waals surface area contributed by atoms with Gasteiger partial charge in [-0.05, 0) is 141 Å². The second kappa shape index (κ2) is 13.2. The predicted octanol–water partition coefficient (Wildman–Crippen LogP) is 5.58. The molecule has 7 aliphatic carbocycles. The van der Waals surface area contributed by atoms with Crippen molar-refractivity contribution in [3.63, 3.8) is 0 Å². The normalized spacial score (nSPS) is 55.5. The van der Waals surface area contributed by atoms with E-state index in [4.69, 9.17) is 23.4 Å². The number of aliphatic hydroxyl groups is 3. The van der Waals surface area contributed by atoms with Gasteiger partial charge in [-0.2, -0.15) is 0 Å². The number of furan rings is 1. The summed E-state index contributed by atoms with van der Waals surface area (Å²) in [6.45, 7) is 12.2. The largest absolute Gasteiger partial charge is 0.469 e. The first kappa shape index (κ1) is 43.3. The van der Waals surface area contributed by atoms with E-state index in [1.54, 1.807) is 6.26 Å². The van der Waals surface area contributed by atoms with Gasteiger partial charge in [0, 0.05) is 41.3 Å². The fraction of sp³-hybridized carbons (Fsp3) is 0.768. The van der Waals surface area contributed by atoms with Gasteiger partial charge in [-0.25, -0.2) is 4.79 Å². The van der Waals surface area contributed by atoms with E-state index in [9.17, 15) is 20.1 Å². The number of hydrogen-bond acceptors (Lipinski definition) is 13. The Morgan fingerprint density at radius 2 is 1.87 bits per heavy atom. The fourth-order valence-electron chi connectivity index (χ4n) is 22.1. The van der Waals surface area contributed by atoms with Gasteiger partial charge in [0.2, 0.25) is 0 Å². The molecule has 15 rings (SSSR count). The highest BCUT2D eigenvalue weighted by Crippen LogP contribution is 2.91. The van der Waals surface area contributed by atoms with Crippen LogP contribution in [-0.2, 0) is 39.8 Å². The molecular formula is C56H70N2O11. The SMILES string of the molecule is CC(C)CC1C=C2CC3CC4C=CC56C(=O)OCC78C(C(=O)C(O)C9(C)C7C(CC7(C)C(c%10ccoc%10CC(C(O)CO)C%10CCC%11C(C=CN%12CNCC%11%12)C%10)OC(=O)C%10OC%1079)CC35C4)C1(C)OC286. The molecule has 370 valence electrons. The number of carbonyl (C=O) groups is 3.